The van der Waals surface area contributed by atoms with E-state index in [1.165, 1.54) is 6.26 Å². The summed E-state index contributed by atoms with van der Waals surface area (Å²) >= 11 is 0. The van der Waals surface area contributed by atoms with E-state index in [-0.39, 0.29) is 24.8 Å². The van der Waals surface area contributed by atoms with Crippen LogP contribution in [-0.2, 0) is 19.6 Å². The van der Waals surface area contributed by atoms with Gasteiger partial charge in [-0.05, 0) is 57.1 Å². The monoisotopic (exact) mass is 425 g/mol. The topological polar surface area (TPSA) is 107 Å². The minimum atomic E-state index is -3.23. The smallest absolute Gasteiger partial charge is 0.209 e. The zero-order chi connectivity index (χ0) is 20.7. The van der Waals surface area contributed by atoms with Gasteiger partial charge in [-0.25, -0.2) is 13.1 Å². The number of carbonyl (C=O) groups is 1. The third-order valence-electron chi connectivity index (χ3n) is 5.70. The van der Waals surface area contributed by atoms with E-state index in [4.69, 9.17) is 9.47 Å². The number of carbonyl (C=O) groups excluding carboxylic acids is 1. The molecular formula is C20H31N3O5S. The lowest BCUT2D eigenvalue weighted by molar-refractivity contribution is -0.109. The second kappa shape index (κ2) is 10.5. The molecule has 0 radical (unpaired) electrons. The quantitative estimate of drug-likeness (QED) is 0.576. The maximum atomic E-state index is 11.6. The second-order valence-corrected chi connectivity index (χ2v) is 9.68. The highest BCUT2D eigenvalue weighted by molar-refractivity contribution is 7.88. The highest BCUT2D eigenvalue weighted by Gasteiger charge is 2.30. The minimum Gasteiger partial charge on any atom is -0.484 e. The van der Waals surface area contributed by atoms with E-state index in [1.807, 2.05) is 6.07 Å². The number of piperidine rings is 1. The van der Waals surface area contributed by atoms with Gasteiger partial charge in [0.25, 0.3) is 0 Å². The first-order valence-electron chi connectivity index (χ1n) is 10.3. The number of nitrogens with zero attached hydrogens (tertiary/aromatic N) is 1. The van der Waals surface area contributed by atoms with Crippen LogP contribution in [0.4, 0.5) is 0 Å². The molecule has 1 saturated carbocycles. The first-order valence-corrected chi connectivity index (χ1v) is 12.2. The van der Waals surface area contributed by atoms with Crippen molar-refractivity contribution in [1.29, 1.82) is 0 Å². The molecule has 1 aliphatic carbocycles. The molecule has 9 heteroatoms. The van der Waals surface area contributed by atoms with Crippen LogP contribution < -0.4 is 14.8 Å². The van der Waals surface area contributed by atoms with Gasteiger partial charge < -0.3 is 14.8 Å². The van der Waals surface area contributed by atoms with E-state index < -0.39 is 10.0 Å². The molecule has 2 N–H and O–H groups in total. The number of hydrogen-bond acceptors (Lipinski definition) is 7. The van der Waals surface area contributed by atoms with Crippen LogP contribution in [0.25, 0.3) is 0 Å². The lowest BCUT2D eigenvalue weighted by Crippen LogP contribution is -2.55. The van der Waals surface area contributed by atoms with Gasteiger partial charge in [0.15, 0.2) is 6.29 Å². The van der Waals surface area contributed by atoms with Gasteiger partial charge in [-0.1, -0.05) is 0 Å². The Labute approximate surface area is 172 Å². The first kappa shape index (κ1) is 22.1. The molecule has 0 unspecified atom stereocenters. The van der Waals surface area contributed by atoms with Crippen molar-refractivity contribution in [1.82, 2.24) is 15.0 Å². The summed E-state index contributed by atoms with van der Waals surface area (Å²) in [6.45, 7) is 1.42. The molecule has 8 nitrogen and oxygen atoms in total. The number of nitrogens with one attached hydrogen (secondary N) is 2. The number of rotatable bonds is 9. The van der Waals surface area contributed by atoms with Crippen molar-refractivity contribution in [3.8, 4) is 5.75 Å². The highest BCUT2D eigenvalue weighted by atomic mass is 32.2. The molecular weight excluding hydrogens is 394 g/mol. The largest absolute Gasteiger partial charge is 0.484 e. The second-order valence-electron chi connectivity index (χ2n) is 7.90. The molecule has 0 amide bonds. The van der Waals surface area contributed by atoms with Crippen molar-refractivity contribution in [2.45, 2.75) is 62.6 Å². The third kappa shape index (κ3) is 6.74. The maximum Gasteiger partial charge on any atom is 0.209 e. The van der Waals surface area contributed by atoms with Crippen molar-refractivity contribution >= 4 is 16.3 Å². The molecule has 29 heavy (non-hydrogen) atoms. The summed E-state index contributed by atoms with van der Waals surface area (Å²) < 4.78 is 37.6. The molecule has 0 aromatic carbocycles. The van der Waals surface area contributed by atoms with Crippen LogP contribution >= 0.6 is 0 Å². The summed E-state index contributed by atoms with van der Waals surface area (Å²) in [5.74, 6) is 1.05. The van der Waals surface area contributed by atoms with E-state index >= 15 is 0 Å². The molecule has 1 aliphatic heterocycles. The summed E-state index contributed by atoms with van der Waals surface area (Å²) in [4.78, 5) is 14.7. The summed E-state index contributed by atoms with van der Waals surface area (Å²) in [6.07, 6.45) is 11.2. The van der Waals surface area contributed by atoms with Gasteiger partial charge in [0.1, 0.15) is 12.4 Å². The Hall–Kier alpha value is -1.55. The third-order valence-corrected chi connectivity index (χ3v) is 6.43. The Bertz CT molecular complexity index is 765. The molecule has 2 atom stereocenters. The summed E-state index contributed by atoms with van der Waals surface area (Å²) in [7, 11) is -3.23. The lowest BCUT2D eigenvalue weighted by Gasteiger charge is -2.35. The van der Waals surface area contributed by atoms with Gasteiger partial charge in [-0.15, -0.1) is 0 Å². The maximum absolute atomic E-state index is 11.6. The molecule has 0 bridgehead atoms. The molecule has 1 saturated heterocycles. The summed E-state index contributed by atoms with van der Waals surface area (Å²) in [5, 5.41) is 3.39. The van der Waals surface area contributed by atoms with Crippen molar-refractivity contribution < 1.29 is 22.7 Å². The fourth-order valence-corrected chi connectivity index (χ4v) is 5.13. The van der Waals surface area contributed by atoms with Crippen LogP contribution in [0.1, 0.15) is 50.0 Å². The summed E-state index contributed by atoms with van der Waals surface area (Å²) in [6, 6.07) is 1.85. The van der Waals surface area contributed by atoms with Gasteiger partial charge >= 0.3 is 0 Å². The van der Waals surface area contributed by atoms with Gasteiger partial charge in [0, 0.05) is 23.8 Å². The molecule has 2 heterocycles. The normalized spacial score (nSPS) is 28.0. The zero-order valence-corrected chi connectivity index (χ0v) is 17.7. The lowest BCUT2D eigenvalue weighted by atomic mass is 9.82. The van der Waals surface area contributed by atoms with Crippen molar-refractivity contribution in [2.24, 2.45) is 0 Å². The van der Waals surface area contributed by atoms with Crippen LogP contribution in [0.15, 0.2) is 18.5 Å². The number of aromatic nitrogens is 1. The standard InChI is InChI=1S/C20H31N3O5S/c1-29(25,26)23-18-3-2-9-22-19(18)14-28-16-6-4-15(5-7-16)17-8-10-21-13-20(17)27-12-11-24/h8,10-11,13,15-16,18-19,22-23H,2-7,9,12,14H2,1H3/t15-,16+,18-,19-/m0/s1. The predicted molar refractivity (Wildman–Crippen MR) is 110 cm³/mol. The van der Waals surface area contributed by atoms with Crippen molar-refractivity contribution in [3.63, 3.8) is 0 Å². The van der Waals surface area contributed by atoms with E-state index in [0.29, 0.717) is 18.3 Å². The highest BCUT2D eigenvalue weighted by Crippen LogP contribution is 2.38. The number of ether oxygens (including phenoxy) is 2. The Morgan fingerprint density at radius 1 is 1.28 bits per heavy atom. The van der Waals surface area contributed by atoms with Crippen molar-refractivity contribution in [3.05, 3.63) is 24.0 Å². The zero-order valence-electron chi connectivity index (χ0n) is 16.9. The van der Waals surface area contributed by atoms with E-state index in [0.717, 1.165) is 56.9 Å². The minimum absolute atomic E-state index is 0.000241. The Morgan fingerprint density at radius 2 is 2.07 bits per heavy atom. The molecule has 162 valence electrons. The van der Waals surface area contributed by atoms with E-state index in [9.17, 15) is 13.2 Å². The molecule has 1 aromatic heterocycles. The van der Waals surface area contributed by atoms with Crippen LogP contribution in [0.5, 0.6) is 5.75 Å². The molecule has 2 aliphatic rings. The van der Waals surface area contributed by atoms with Crippen LogP contribution in [-0.4, -0.2) is 63.9 Å². The van der Waals surface area contributed by atoms with Gasteiger partial charge in [-0.2, -0.15) is 0 Å². The van der Waals surface area contributed by atoms with Crippen LogP contribution in [0, 0.1) is 0 Å². The van der Waals surface area contributed by atoms with Gasteiger partial charge in [-0.3, -0.25) is 9.78 Å². The fourth-order valence-electron chi connectivity index (χ4n) is 4.30. The fraction of sp³-hybridized carbons (Fsp3) is 0.700. The summed E-state index contributed by atoms with van der Waals surface area (Å²) in [5.41, 5.74) is 1.10. The van der Waals surface area contributed by atoms with Crippen LogP contribution in [0.3, 0.4) is 0 Å². The Balaban J connectivity index is 1.49. The molecule has 1 aromatic rings. The van der Waals surface area contributed by atoms with Crippen molar-refractivity contribution in [2.75, 3.05) is 26.0 Å². The average molecular weight is 426 g/mol. The number of aldehydes is 1. The van der Waals surface area contributed by atoms with Gasteiger partial charge in [0.05, 0.1) is 25.2 Å². The number of sulfonamides is 1. The average Bonchev–Trinajstić information content (AvgIpc) is 2.71. The number of pyridine rings is 1. The van der Waals surface area contributed by atoms with Crippen LogP contribution in [0.2, 0.25) is 0 Å². The predicted octanol–water partition coefficient (Wildman–Crippen LogP) is 1.37. The van der Waals surface area contributed by atoms with Gasteiger partial charge in [0.2, 0.25) is 10.0 Å². The Morgan fingerprint density at radius 3 is 2.79 bits per heavy atom. The SMILES string of the molecule is CS(=O)(=O)N[C@H]1CCCN[C@H]1CO[C@H]1CC[C@@H](c2ccncc2OCC=O)CC1. The Kier molecular flexibility index (Phi) is 7.99. The molecule has 2 fully saturated rings. The van der Waals surface area contributed by atoms with E-state index in [2.05, 4.69) is 15.0 Å². The molecule has 0 spiro atoms. The first-order chi connectivity index (χ1) is 14.0. The van der Waals surface area contributed by atoms with E-state index in [1.54, 1.807) is 12.4 Å². The number of hydrogen-bond donors (Lipinski definition) is 2. The molecule has 3 rings (SSSR count).